The molecule has 0 saturated carbocycles. The highest BCUT2D eigenvalue weighted by Gasteiger charge is 2.17. The molecule has 0 aliphatic heterocycles. The van der Waals surface area contributed by atoms with Crippen LogP contribution in [0.5, 0.6) is 0 Å². The minimum absolute atomic E-state index is 0.0541. The first-order valence-electron chi connectivity index (χ1n) is 10.9. The fourth-order valence-electron chi connectivity index (χ4n) is 4.06. The van der Waals surface area contributed by atoms with E-state index in [2.05, 4.69) is 21.2 Å². The van der Waals surface area contributed by atoms with Crippen LogP contribution < -0.4 is 10.9 Å². The van der Waals surface area contributed by atoms with Crippen molar-refractivity contribution in [3.8, 4) is 0 Å². The number of Topliss-reactive ketones (excluding diaryl/α,β-unsaturated/α-hetero) is 1. The average molecular weight is 540 g/mol. The second-order valence-electron chi connectivity index (χ2n) is 7.98. The van der Waals surface area contributed by atoms with Crippen LogP contribution in [0.2, 0.25) is 5.02 Å². The first-order chi connectivity index (χ1) is 16.4. The maximum absolute atomic E-state index is 12.9. The molecule has 174 valence electrons. The van der Waals surface area contributed by atoms with Crippen LogP contribution in [0.4, 0.5) is 0 Å². The van der Waals surface area contributed by atoms with Gasteiger partial charge < -0.3 is 14.5 Å². The Morgan fingerprint density at radius 1 is 1.00 bits per heavy atom. The largest absolute Gasteiger partial charge is 0.355 e. The number of hydrogen-bond acceptors (Lipinski definition) is 3. The first kappa shape index (κ1) is 24.0. The Bertz CT molecular complexity index is 1420. The van der Waals surface area contributed by atoms with Crippen LogP contribution >= 0.6 is 27.5 Å². The van der Waals surface area contributed by atoms with E-state index in [1.807, 2.05) is 47.0 Å². The number of nitrogens with one attached hydrogen (secondary N) is 2. The zero-order chi connectivity index (χ0) is 24.2. The van der Waals surface area contributed by atoms with Crippen molar-refractivity contribution in [2.24, 2.45) is 0 Å². The smallest absolute Gasteiger partial charge is 0.251 e. The Balaban J connectivity index is 1.59. The van der Waals surface area contributed by atoms with Crippen LogP contribution in [0.1, 0.15) is 32.7 Å². The third-order valence-electron chi connectivity index (χ3n) is 5.77. The Labute approximate surface area is 210 Å². The van der Waals surface area contributed by atoms with Gasteiger partial charge in [0.15, 0.2) is 5.78 Å². The van der Waals surface area contributed by atoms with Gasteiger partial charge in [-0.25, -0.2) is 0 Å². The van der Waals surface area contributed by atoms with E-state index < -0.39 is 0 Å². The summed E-state index contributed by atoms with van der Waals surface area (Å²) in [7, 11) is 1.61. The lowest BCUT2D eigenvalue weighted by Crippen LogP contribution is -2.27. The molecule has 1 heterocycles. The molecule has 0 radical (unpaired) electrons. The number of rotatable bonds is 8. The monoisotopic (exact) mass is 538 g/mol. The van der Waals surface area contributed by atoms with Crippen LogP contribution in [0.15, 0.2) is 71.2 Å². The zero-order valence-electron chi connectivity index (χ0n) is 18.6. The molecule has 0 aliphatic rings. The van der Waals surface area contributed by atoms with Crippen LogP contribution in [0.25, 0.3) is 11.0 Å². The summed E-state index contributed by atoms with van der Waals surface area (Å²) in [6.45, 7) is 0.612. The molecule has 0 aliphatic carbocycles. The van der Waals surface area contributed by atoms with E-state index in [-0.39, 0.29) is 23.9 Å². The molecule has 34 heavy (non-hydrogen) atoms. The summed E-state index contributed by atoms with van der Waals surface area (Å²) in [5.41, 5.74) is 4.00. The van der Waals surface area contributed by atoms with Crippen molar-refractivity contribution in [2.45, 2.75) is 25.9 Å². The lowest BCUT2D eigenvalue weighted by atomic mass is 10.1. The van der Waals surface area contributed by atoms with Crippen LogP contribution in [0.3, 0.4) is 0 Å². The summed E-state index contributed by atoms with van der Waals surface area (Å²) < 4.78 is 4.47. The highest BCUT2D eigenvalue weighted by molar-refractivity contribution is 9.10. The lowest BCUT2D eigenvalue weighted by Gasteiger charge is -2.07. The van der Waals surface area contributed by atoms with Crippen molar-refractivity contribution in [1.29, 1.82) is 5.41 Å². The predicted molar refractivity (Wildman–Crippen MR) is 137 cm³/mol. The lowest BCUT2D eigenvalue weighted by molar-refractivity contribution is 0.0958. The standard InChI is InChI=1S/C26H24BrClN4O2/c1-30-25(34)19-7-2-5-17(15-19)6-4-14-31-24-21(28)8-3-9-22(24)32(26(31)29)16-23(33)18-10-12-20(27)13-11-18/h2-3,5,7-13,15,29H,4,6,14,16H2,1H3,(H,30,34). The maximum Gasteiger partial charge on any atom is 0.251 e. The minimum atomic E-state index is -0.116. The van der Waals surface area contributed by atoms with Gasteiger partial charge in [-0.3, -0.25) is 15.0 Å². The van der Waals surface area contributed by atoms with Gasteiger partial charge in [0.1, 0.15) is 0 Å². The summed E-state index contributed by atoms with van der Waals surface area (Å²) >= 11 is 9.92. The van der Waals surface area contributed by atoms with Crippen molar-refractivity contribution in [3.63, 3.8) is 0 Å². The number of para-hydroxylation sites is 1. The van der Waals surface area contributed by atoms with Gasteiger partial charge in [0.05, 0.1) is 22.6 Å². The summed E-state index contributed by atoms with van der Waals surface area (Å²) in [4.78, 5) is 24.8. The summed E-state index contributed by atoms with van der Waals surface area (Å²) in [6, 6.07) is 20.3. The molecular formula is C26H24BrClN4O2. The van der Waals surface area contributed by atoms with Gasteiger partial charge in [-0.15, -0.1) is 0 Å². The second kappa shape index (κ2) is 10.4. The number of ketones is 1. The molecule has 4 aromatic rings. The number of fused-ring (bicyclic) bond motifs is 1. The zero-order valence-corrected chi connectivity index (χ0v) is 21.0. The topological polar surface area (TPSA) is 79.9 Å². The van der Waals surface area contributed by atoms with Gasteiger partial charge in [0.2, 0.25) is 5.62 Å². The fraction of sp³-hybridized carbons (Fsp3) is 0.192. The van der Waals surface area contributed by atoms with E-state index >= 15 is 0 Å². The van der Waals surface area contributed by atoms with Crippen LogP contribution in [0, 0.1) is 5.41 Å². The van der Waals surface area contributed by atoms with E-state index in [0.29, 0.717) is 22.7 Å². The van der Waals surface area contributed by atoms with E-state index in [4.69, 9.17) is 17.0 Å². The van der Waals surface area contributed by atoms with Crippen molar-refractivity contribution in [1.82, 2.24) is 14.5 Å². The van der Waals surface area contributed by atoms with Crippen molar-refractivity contribution in [3.05, 3.63) is 98.5 Å². The molecular weight excluding hydrogens is 516 g/mol. The third kappa shape index (κ3) is 5.00. The number of amides is 1. The SMILES string of the molecule is CNC(=O)c1cccc(CCCn2c(=N)n(CC(=O)c3ccc(Br)cc3)c3cccc(Cl)c32)c1. The Morgan fingerprint density at radius 3 is 2.47 bits per heavy atom. The fourth-order valence-corrected chi connectivity index (χ4v) is 4.59. The number of hydrogen-bond donors (Lipinski definition) is 2. The highest BCUT2D eigenvalue weighted by Crippen LogP contribution is 2.24. The van der Waals surface area contributed by atoms with E-state index in [1.54, 1.807) is 35.9 Å². The minimum Gasteiger partial charge on any atom is -0.355 e. The van der Waals surface area contributed by atoms with Crippen LogP contribution in [-0.4, -0.2) is 27.9 Å². The Hall–Kier alpha value is -3.16. The number of benzene rings is 3. The molecule has 0 spiro atoms. The molecule has 0 bridgehead atoms. The molecule has 0 saturated heterocycles. The van der Waals surface area contributed by atoms with Gasteiger partial charge in [-0.05, 0) is 54.8 Å². The molecule has 8 heteroatoms. The third-order valence-corrected chi connectivity index (χ3v) is 6.60. The number of aryl methyl sites for hydroxylation is 2. The van der Waals surface area contributed by atoms with E-state index in [1.165, 1.54) is 0 Å². The van der Waals surface area contributed by atoms with E-state index in [9.17, 15) is 9.59 Å². The molecule has 0 fully saturated rings. The summed E-state index contributed by atoms with van der Waals surface area (Å²) in [5.74, 6) is -0.189. The molecule has 0 unspecified atom stereocenters. The maximum atomic E-state index is 12.9. The van der Waals surface area contributed by atoms with Gasteiger partial charge in [0.25, 0.3) is 5.91 Å². The number of carbonyl (C=O) groups excluding carboxylic acids is 2. The molecule has 3 aromatic carbocycles. The predicted octanol–water partition coefficient (Wildman–Crippen LogP) is 5.21. The summed E-state index contributed by atoms with van der Waals surface area (Å²) in [5, 5.41) is 12.0. The van der Waals surface area contributed by atoms with E-state index in [0.717, 1.165) is 33.9 Å². The van der Waals surface area contributed by atoms with Gasteiger partial charge in [-0.1, -0.05) is 57.9 Å². The molecule has 6 nitrogen and oxygen atoms in total. The number of aromatic nitrogens is 2. The summed E-state index contributed by atoms with van der Waals surface area (Å²) in [6.07, 6.45) is 1.49. The molecule has 1 amide bonds. The number of carbonyl (C=O) groups is 2. The molecule has 2 N–H and O–H groups in total. The molecule has 1 aromatic heterocycles. The second-order valence-corrected chi connectivity index (χ2v) is 9.30. The number of imidazole rings is 1. The van der Waals surface area contributed by atoms with Crippen LogP contribution in [-0.2, 0) is 19.5 Å². The molecule has 0 atom stereocenters. The van der Waals surface area contributed by atoms with Crippen molar-refractivity contribution < 1.29 is 9.59 Å². The average Bonchev–Trinajstić information content (AvgIpc) is 3.11. The number of nitrogens with zero attached hydrogens (tertiary/aromatic N) is 2. The normalized spacial score (nSPS) is 11.0. The molecule has 4 rings (SSSR count). The van der Waals surface area contributed by atoms with Gasteiger partial charge in [0, 0.05) is 29.2 Å². The number of halogens is 2. The van der Waals surface area contributed by atoms with Gasteiger partial charge >= 0.3 is 0 Å². The first-order valence-corrected chi connectivity index (χ1v) is 12.1. The quantitative estimate of drug-likeness (QED) is 0.301. The highest BCUT2D eigenvalue weighted by atomic mass is 79.9. The van der Waals surface area contributed by atoms with Gasteiger partial charge in [-0.2, -0.15) is 0 Å². The van der Waals surface area contributed by atoms with Crippen molar-refractivity contribution in [2.75, 3.05) is 7.05 Å². The van der Waals surface area contributed by atoms with Crippen molar-refractivity contribution >= 4 is 50.3 Å². The Morgan fingerprint density at radius 2 is 1.74 bits per heavy atom. The Kier molecular flexibility index (Phi) is 7.34.